The average molecular weight is 716 g/mol. The fraction of sp³-hybridized carbons (Fsp3) is 0.875. The Morgan fingerprint density at radius 3 is 2.25 bits per heavy atom. The maximum atomic E-state index is 11.5. The van der Waals surface area contributed by atoms with Crippen LogP contribution in [0.1, 0.15) is 52.4 Å². The van der Waals surface area contributed by atoms with E-state index in [0.29, 0.717) is 3.43 Å². The summed E-state index contributed by atoms with van der Waals surface area (Å²) in [6.07, 6.45) is 6.33. The number of carbonyl (C=O) groups is 2. The number of rotatable bonds is 6. The summed E-state index contributed by atoms with van der Waals surface area (Å²) in [7, 11) is 3.55. The molecule has 0 radical (unpaired) electrons. The first-order valence-corrected chi connectivity index (χ1v) is 19.1. The fourth-order valence-electron chi connectivity index (χ4n) is 4.65. The first-order chi connectivity index (χ1) is 11.4. The molecule has 0 bridgehead atoms. The summed E-state index contributed by atoms with van der Waals surface area (Å²) < 4.78 is 23.5. The van der Waals surface area contributed by atoms with Crippen LogP contribution in [0.4, 0.5) is 0 Å². The average Bonchev–Trinajstić information content (AvgIpc) is 2.57. The Morgan fingerprint density at radius 2 is 1.67 bits per heavy atom. The van der Waals surface area contributed by atoms with Crippen LogP contribution < -0.4 is 0 Å². The summed E-state index contributed by atoms with van der Waals surface area (Å²) in [6.45, 7) is 2.99. The quantitative estimate of drug-likeness (QED) is 0.395. The zero-order valence-electron chi connectivity index (χ0n) is 15.3. The van der Waals surface area contributed by atoms with Gasteiger partial charge in [-0.3, -0.25) is 0 Å². The molecule has 24 heavy (non-hydrogen) atoms. The Kier molecular flexibility index (Phi) is 7.97. The van der Waals surface area contributed by atoms with E-state index in [1.54, 1.807) is 14.2 Å². The van der Waals surface area contributed by atoms with Gasteiger partial charge in [0.25, 0.3) is 0 Å². The number of carbonyl (C=O) groups excluding carboxylic acids is 2. The Hall–Kier alpha value is 0.730. The van der Waals surface area contributed by atoms with E-state index in [1.807, 2.05) is 0 Å². The molecule has 0 amide bonds. The van der Waals surface area contributed by atoms with Crippen molar-refractivity contribution in [1.82, 2.24) is 0 Å². The number of ether oxygens (including phenoxy) is 2. The van der Waals surface area contributed by atoms with Gasteiger partial charge in [0.1, 0.15) is 0 Å². The summed E-state index contributed by atoms with van der Waals surface area (Å²) >= 11 is -3.84. The Bertz CT molecular complexity index is 473. The second kappa shape index (κ2) is 9.09. The van der Waals surface area contributed by atoms with Crippen molar-refractivity contribution >= 4 is 11.9 Å². The molecule has 0 saturated heterocycles. The van der Waals surface area contributed by atoms with E-state index in [1.165, 1.54) is 20.3 Å². The van der Waals surface area contributed by atoms with Gasteiger partial charge in [-0.05, 0) is 0 Å². The van der Waals surface area contributed by atoms with Gasteiger partial charge in [-0.2, -0.15) is 0 Å². The molecular weight excluding hydrogens is 689 g/mol. The summed E-state index contributed by atoms with van der Waals surface area (Å²) in [5, 5.41) is 0. The summed E-state index contributed by atoms with van der Waals surface area (Å²) in [5.41, 5.74) is -0.206. The van der Waals surface area contributed by atoms with E-state index in [-0.39, 0.29) is 26.6 Å². The predicted octanol–water partition coefficient (Wildman–Crippen LogP) is 2.82. The normalized spacial score (nSPS) is 35.2. The molecule has 0 heterocycles. The van der Waals surface area contributed by atoms with Crippen LogP contribution in [0.5, 0.6) is 0 Å². The zero-order valence-corrected chi connectivity index (χ0v) is 26.3. The van der Waals surface area contributed by atoms with E-state index >= 15 is 0 Å². The van der Waals surface area contributed by atoms with E-state index in [0.717, 1.165) is 32.1 Å². The van der Waals surface area contributed by atoms with Gasteiger partial charge in [0.2, 0.25) is 0 Å². The summed E-state index contributed by atoms with van der Waals surface area (Å²) in [5.74, 6) is -0.323. The van der Waals surface area contributed by atoms with Crippen molar-refractivity contribution < 1.29 is 74.4 Å². The van der Waals surface area contributed by atoms with Crippen LogP contribution in [-0.2, 0) is 74.4 Å². The van der Waals surface area contributed by atoms with E-state index < -0.39 is 50.1 Å². The molecule has 0 aliphatic heterocycles. The second-order valence-electron chi connectivity index (χ2n) is 7.21. The van der Waals surface area contributed by atoms with Crippen LogP contribution in [0.25, 0.3) is 0 Å². The topological polar surface area (TPSA) is 71.1 Å². The molecule has 0 aromatic carbocycles. The Labute approximate surface area is 169 Å². The molecule has 6 nitrogen and oxygen atoms in total. The van der Waals surface area contributed by atoms with E-state index in [4.69, 9.17) is 14.8 Å². The third kappa shape index (κ3) is 4.52. The number of fused-ring (bicyclic) bond motifs is 1. The van der Waals surface area contributed by atoms with Crippen molar-refractivity contribution in [3.05, 3.63) is 0 Å². The summed E-state index contributed by atoms with van der Waals surface area (Å²) in [4.78, 5) is 22.7. The molecular formula is C16H26Hg2O6. The third-order valence-electron chi connectivity index (χ3n) is 5.91. The molecule has 2 rings (SSSR count). The Morgan fingerprint density at radius 1 is 1.00 bits per heavy atom. The molecule has 130 valence electrons. The van der Waals surface area contributed by atoms with Crippen LogP contribution in [0.2, 0.25) is 6.35 Å². The molecule has 4 unspecified atom stereocenters. The predicted molar refractivity (Wildman–Crippen MR) is 78.2 cm³/mol. The van der Waals surface area contributed by atoms with Gasteiger partial charge in [-0.1, -0.05) is 0 Å². The van der Waals surface area contributed by atoms with E-state index in [2.05, 4.69) is 0 Å². The second-order valence-corrected chi connectivity index (χ2v) is 21.2. The van der Waals surface area contributed by atoms with Crippen LogP contribution in [0.15, 0.2) is 0 Å². The molecule has 4 atom stereocenters. The summed E-state index contributed by atoms with van der Waals surface area (Å²) in [6, 6.07) is 0. The van der Waals surface area contributed by atoms with Gasteiger partial charge in [-0.25, -0.2) is 0 Å². The fourth-order valence-corrected chi connectivity index (χ4v) is 18.7. The van der Waals surface area contributed by atoms with Crippen molar-refractivity contribution in [1.29, 1.82) is 0 Å². The molecule has 2 aliphatic carbocycles. The van der Waals surface area contributed by atoms with Gasteiger partial charge in [0.15, 0.2) is 0 Å². The molecule has 2 fully saturated rings. The number of hydrogen-bond acceptors (Lipinski definition) is 6. The van der Waals surface area contributed by atoms with Crippen molar-refractivity contribution in [2.24, 2.45) is 0 Å². The van der Waals surface area contributed by atoms with Crippen LogP contribution in [0, 0.1) is 0 Å². The van der Waals surface area contributed by atoms with Crippen LogP contribution in [0.3, 0.4) is 0 Å². The maximum absolute atomic E-state index is 11.5. The minimum absolute atomic E-state index is 0.0207. The molecule has 0 N–H and O–H groups in total. The van der Waals surface area contributed by atoms with Gasteiger partial charge in [-0.15, -0.1) is 0 Å². The van der Waals surface area contributed by atoms with Gasteiger partial charge in [0.05, 0.1) is 0 Å². The molecule has 0 aromatic heterocycles. The van der Waals surface area contributed by atoms with E-state index in [9.17, 15) is 9.59 Å². The molecule has 0 spiro atoms. The Balaban J connectivity index is 2.26. The standard InChI is InChI=1S/C12H20O2.2C2H4O2.2Hg/c1-13-11-6-8-12(14-2)7-4-3-5-10(12)9-11;2*1-2(3)4;;/h6,11H,3-5,7-9H2,1-2H3;2*1H3,(H,3,4);;/q;;;2*+1/p-2. The minimum atomic E-state index is -1.98. The monoisotopic (exact) mass is 718 g/mol. The van der Waals surface area contributed by atoms with Gasteiger partial charge >= 0.3 is 171 Å². The third-order valence-corrected chi connectivity index (χ3v) is 22.3. The first-order valence-electron chi connectivity index (χ1n) is 8.73. The molecule has 8 heteroatoms. The molecule has 2 aliphatic rings. The van der Waals surface area contributed by atoms with Crippen molar-refractivity contribution in [3.63, 3.8) is 0 Å². The van der Waals surface area contributed by atoms with Crippen molar-refractivity contribution in [3.8, 4) is 0 Å². The van der Waals surface area contributed by atoms with Crippen LogP contribution in [-0.4, -0.2) is 37.9 Å². The zero-order chi connectivity index (χ0) is 17.8. The molecule has 0 aromatic rings. The van der Waals surface area contributed by atoms with Crippen molar-refractivity contribution in [2.75, 3.05) is 14.2 Å². The SMILES string of the molecule is COC1C[C]2([Hg][O]C(C)=O)CCCCC2(OC)C[CH]1[Hg][O]C(C)=O. The first kappa shape index (κ1) is 21.0. The molecule has 2 saturated carbocycles. The van der Waals surface area contributed by atoms with Crippen molar-refractivity contribution in [2.45, 2.75) is 70.4 Å². The number of methoxy groups -OCH3 is 2. The van der Waals surface area contributed by atoms with Gasteiger partial charge < -0.3 is 0 Å². The van der Waals surface area contributed by atoms with Gasteiger partial charge in [0, 0.05) is 0 Å². The number of hydrogen-bond donors (Lipinski definition) is 0. The van der Waals surface area contributed by atoms with Crippen LogP contribution >= 0.6 is 0 Å².